The molecule has 0 aromatic heterocycles. The maximum Gasteiger partial charge on any atom is 0.387 e. The highest BCUT2D eigenvalue weighted by Crippen LogP contribution is 2.35. The van der Waals surface area contributed by atoms with Crippen molar-refractivity contribution in [1.82, 2.24) is 0 Å². The Balaban J connectivity index is 2.14. The van der Waals surface area contributed by atoms with Crippen LogP contribution in [-0.4, -0.2) is 12.7 Å². The fourth-order valence-corrected chi connectivity index (χ4v) is 1.78. The summed E-state index contributed by atoms with van der Waals surface area (Å²) in [6.07, 6.45) is 3.21. The van der Waals surface area contributed by atoms with Crippen molar-refractivity contribution in [2.45, 2.75) is 32.0 Å². The minimum Gasteiger partial charge on any atom is -0.486 e. The monoisotopic (exact) mass is 292 g/mol. The van der Waals surface area contributed by atoms with Crippen molar-refractivity contribution >= 4 is 15.9 Å². The fraction of sp³-hybridized carbons (Fsp3) is 0.455. The van der Waals surface area contributed by atoms with Gasteiger partial charge in [0.15, 0.2) is 11.5 Å². The lowest BCUT2D eigenvalue weighted by Crippen LogP contribution is -2.24. The molecule has 0 aliphatic heterocycles. The molecule has 1 aromatic rings. The Kier molecular flexibility index (Phi) is 3.63. The molecular formula is C11H11BrF2O2. The van der Waals surface area contributed by atoms with Gasteiger partial charge in [0.25, 0.3) is 0 Å². The van der Waals surface area contributed by atoms with Crippen LogP contribution in [0.4, 0.5) is 8.78 Å². The van der Waals surface area contributed by atoms with Gasteiger partial charge in [0, 0.05) is 4.47 Å². The third kappa shape index (κ3) is 2.84. The van der Waals surface area contributed by atoms with Gasteiger partial charge in [-0.05, 0) is 37.5 Å². The Morgan fingerprint density at radius 2 is 2.00 bits per heavy atom. The van der Waals surface area contributed by atoms with Gasteiger partial charge >= 0.3 is 6.61 Å². The van der Waals surface area contributed by atoms with Crippen LogP contribution in [0.25, 0.3) is 0 Å². The minimum atomic E-state index is -2.83. The number of ether oxygens (including phenoxy) is 2. The number of halogens is 3. The molecule has 0 spiro atoms. The number of benzene rings is 1. The van der Waals surface area contributed by atoms with Gasteiger partial charge in [0.2, 0.25) is 0 Å². The predicted octanol–water partition coefficient (Wildman–Crippen LogP) is 3.98. The lowest BCUT2D eigenvalue weighted by Gasteiger charge is -2.27. The average Bonchev–Trinajstić information content (AvgIpc) is 2.15. The van der Waals surface area contributed by atoms with E-state index >= 15 is 0 Å². The van der Waals surface area contributed by atoms with Gasteiger partial charge in [-0.2, -0.15) is 8.78 Å². The van der Waals surface area contributed by atoms with Crippen LogP contribution < -0.4 is 9.47 Å². The van der Waals surface area contributed by atoms with Gasteiger partial charge in [-0.15, -0.1) is 0 Å². The van der Waals surface area contributed by atoms with E-state index in [0.29, 0.717) is 5.75 Å². The quantitative estimate of drug-likeness (QED) is 0.836. The Labute approximate surface area is 101 Å². The second-order valence-electron chi connectivity index (χ2n) is 3.64. The first-order chi connectivity index (χ1) is 7.65. The summed E-state index contributed by atoms with van der Waals surface area (Å²) in [5.74, 6) is 0.462. The standard InChI is InChI=1S/C11H11BrF2O2/c12-7-4-5-9(16-11(13)14)10(6-7)15-8-2-1-3-8/h4-6,8,11H,1-3H2. The van der Waals surface area contributed by atoms with Crippen molar-refractivity contribution in [1.29, 1.82) is 0 Å². The Bertz CT molecular complexity index is 367. The average molecular weight is 293 g/mol. The van der Waals surface area contributed by atoms with Crippen LogP contribution in [-0.2, 0) is 0 Å². The van der Waals surface area contributed by atoms with Gasteiger partial charge in [-0.1, -0.05) is 15.9 Å². The number of alkyl halides is 2. The van der Waals surface area contributed by atoms with E-state index in [1.807, 2.05) is 0 Å². The number of hydrogen-bond acceptors (Lipinski definition) is 2. The highest BCUT2D eigenvalue weighted by molar-refractivity contribution is 9.10. The van der Waals surface area contributed by atoms with Crippen LogP contribution in [0.2, 0.25) is 0 Å². The van der Waals surface area contributed by atoms with Crippen LogP contribution in [0.5, 0.6) is 11.5 Å². The highest BCUT2D eigenvalue weighted by atomic mass is 79.9. The van der Waals surface area contributed by atoms with Crippen LogP contribution in [0.15, 0.2) is 22.7 Å². The van der Waals surface area contributed by atoms with E-state index in [-0.39, 0.29) is 11.9 Å². The van der Waals surface area contributed by atoms with Crippen molar-refractivity contribution in [3.8, 4) is 11.5 Å². The highest BCUT2D eigenvalue weighted by Gasteiger charge is 2.21. The van der Waals surface area contributed by atoms with E-state index in [1.54, 1.807) is 12.1 Å². The van der Waals surface area contributed by atoms with Crippen LogP contribution >= 0.6 is 15.9 Å². The third-order valence-corrected chi connectivity index (χ3v) is 2.96. The summed E-state index contributed by atoms with van der Waals surface area (Å²) in [6, 6.07) is 4.77. The summed E-state index contributed by atoms with van der Waals surface area (Å²) < 4.78 is 35.0. The van der Waals surface area contributed by atoms with Gasteiger partial charge < -0.3 is 9.47 Å². The van der Waals surface area contributed by atoms with Gasteiger partial charge in [-0.3, -0.25) is 0 Å². The normalized spacial score (nSPS) is 16.0. The molecule has 0 atom stereocenters. The van der Waals surface area contributed by atoms with E-state index in [2.05, 4.69) is 20.7 Å². The first kappa shape index (κ1) is 11.6. The Hall–Kier alpha value is -0.840. The molecule has 2 rings (SSSR count). The maximum atomic E-state index is 12.1. The summed E-state index contributed by atoms with van der Waals surface area (Å²) in [5.41, 5.74) is 0. The van der Waals surface area contributed by atoms with Crippen molar-refractivity contribution in [3.05, 3.63) is 22.7 Å². The van der Waals surface area contributed by atoms with E-state index in [1.165, 1.54) is 6.07 Å². The number of rotatable bonds is 4. The van der Waals surface area contributed by atoms with Crippen LogP contribution in [0, 0.1) is 0 Å². The van der Waals surface area contributed by atoms with E-state index < -0.39 is 6.61 Å². The zero-order valence-electron chi connectivity index (χ0n) is 8.46. The molecule has 1 aliphatic carbocycles. The SMILES string of the molecule is FC(F)Oc1ccc(Br)cc1OC1CCC1. The van der Waals surface area contributed by atoms with Crippen molar-refractivity contribution in [2.24, 2.45) is 0 Å². The summed E-state index contributed by atoms with van der Waals surface area (Å²) in [7, 11) is 0. The van der Waals surface area contributed by atoms with Crippen molar-refractivity contribution in [2.75, 3.05) is 0 Å². The maximum absolute atomic E-state index is 12.1. The Morgan fingerprint density at radius 1 is 1.25 bits per heavy atom. The van der Waals surface area contributed by atoms with Gasteiger partial charge in [-0.25, -0.2) is 0 Å². The smallest absolute Gasteiger partial charge is 0.387 e. The number of hydrogen-bond donors (Lipinski definition) is 0. The van der Waals surface area contributed by atoms with Gasteiger partial charge in [0.1, 0.15) is 0 Å². The van der Waals surface area contributed by atoms with Crippen LogP contribution in [0.3, 0.4) is 0 Å². The zero-order chi connectivity index (χ0) is 11.5. The third-order valence-electron chi connectivity index (χ3n) is 2.47. The molecule has 0 heterocycles. The Morgan fingerprint density at radius 3 is 2.56 bits per heavy atom. The summed E-state index contributed by atoms with van der Waals surface area (Å²) in [6.45, 7) is -2.83. The molecule has 5 heteroatoms. The second-order valence-corrected chi connectivity index (χ2v) is 4.56. The zero-order valence-corrected chi connectivity index (χ0v) is 10.0. The predicted molar refractivity (Wildman–Crippen MR) is 59.0 cm³/mol. The van der Waals surface area contributed by atoms with Crippen molar-refractivity contribution in [3.63, 3.8) is 0 Å². The van der Waals surface area contributed by atoms with E-state index in [9.17, 15) is 8.78 Å². The summed E-state index contributed by atoms with van der Waals surface area (Å²) >= 11 is 3.27. The topological polar surface area (TPSA) is 18.5 Å². The molecule has 1 aliphatic rings. The van der Waals surface area contributed by atoms with E-state index in [4.69, 9.17) is 4.74 Å². The molecule has 0 unspecified atom stereocenters. The summed E-state index contributed by atoms with van der Waals surface area (Å²) in [5, 5.41) is 0. The largest absolute Gasteiger partial charge is 0.486 e. The van der Waals surface area contributed by atoms with Crippen molar-refractivity contribution < 1.29 is 18.3 Å². The first-order valence-corrected chi connectivity index (χ1v) is 5.85. The fourth-order valence-electron chi connectivity index (χ4n) is 1.44. The molecule has 1 fully saturated rings. The molecular weight excluding hydrogens is 282 g/mol. The molecule has 0 radical (unpaired) electrons. The lowest BCUT2D eigenvalue weighted by molar-refractivity contribution is -0.0527. The molecule has 0 amide bonds. The lowest BCUT2D eigenvalue weighted by atomic mass is 9.96. The minimum absolute atomic E-state index is 0.0881. The molecule has 16 heavy (non-hydrogen) atoms. The molecule has 2 nitrogen and oxygen atoms in total. The molecule has 0 saturated heterocycles. The van der Waals surface area contributed by atoms with E-state index in [0.717, 1.165) is 23.7 Å². The molecule has 88 valence electrons. The molecule has 1 aromatic carbocycles. The molecule has 0 bridgehead atoms. The molecule has 1 saturated carbocycles. The van der Waals surface area contributed by atoms with Crippen LogP contribution in [0.1, 0.15) is 19.3 Å². The van der Waals surface area contributed by atoms with Gasteiger partial charge in [0.05, 0.1) is 6.10 Å². The molecule has 0 N–H and O–H groups in total. The summed E-state index contributed by atoms with van der Waals surface area (Å²) in [4.78, 5) is 0. The first-order valence-electron chi connectivity index (χ1n) is 5.06. The second kappa shape index (κ2) is 4.99.